The molecule has 0 unspecified atom stereocenters. The predicted octanol–water partition coefficient (Wildman–Crippen LogP) is 3.94. The van der Waals surface area contributed by atoms with E-state index in [1.54, 1.807) is 30.3 Å². The van der Waals surface area contributed by atoms with E-state index in [0.29, 0.717) is 33.3 Å². The summed E-state index contributed by atoms with van der Waals surface area (Å²) < 4.78 is 12.2. The molecule has 0 saturated heterocycles. The van der Waals surface area contributed by atoms with Crippen molar-refractivity contribution < 1.29 is 19.1 Å². The quantitative estimate of drug-likeness (QED) is 0.405. The number of ether oxygens (including phenoxy) is 2. The number of fused-ring (bicyclic) bond motifs is 1. The molecule has 0 aliphatic carbocycles. The van der Waals surface area contributed by atoms with Crippen molar-refractivity contribution in [1.82, 2.24) is 9.55 Å². The van der Waals surface area contributed by atoms with Gasteiger partial charge in [-0.3, -0.25) is 19.4 Å². The molecule has 0 spiro atoms. The summed E-state index contributed by atoms with van der Waals surface area (Å²) in [4.78, 5) is 43.2. The average Bonchev–Trinajstić information content (AvgIpc) is 2.85. The number of amides is 1. The van der Waals surface area contributed by atoms with Gasteiger partial charge in [-0.15, -0.1) is 0 Å². The van der Waals surface area contributed by atoms with E-state index >= 15 is 0 Å². The maximum atomic E-state index is 13.3. The van der Waals surface area contributed by atoms with Crippen LogP contribution in [0.4, 0.5) is 5.69 Å². The van der Waals surface area contributed by atoms with Gasteiger partial charge in [0.15, 0.2) is 17.3 Å². The molecule has 1 amide bonds. The van der Waals surface area contributed by atoms with Gasteiger partial charge in [-0.05, 0) is 36.4 Å². The van der Waals surface area contributed by atoms with Crippen molar-refractivity contribution in [1.29, 1.82) is 0 Å². The number of carbonyl (C=O) groups is 2. The van der Waals surface area contributed by atoms with E-state index in [1.165, 1.54) is 55.6 Å². The van der Waals surface area contributed by atoms with Crippen LogP contribution in [0.1, 0.15) is 15.9 Å². The first kappa shape index (κ1) is 23.0. The largest absolute Gasteiger partial charge is 0.493 e. The Morgan fingerprint density at radius 1 is 1.03 bits per heavy atom. The molecule has 0 radical (unpaired) electrons. The minimum absolute atomic E-state index is 0.0820. The molecule has 172 valence electrons. The molecule has 2 aromatic heterocycles. The fraction of sp³-hybridized carbons (Fsp3) is 0.120. The van der Waals surface area contributed by atoms with Crippen LogP contribution in [0.3, 0.4) is 0 Å². The number of benzene rings is 2. The molecular weight excluding hydrogens is 458 g/mol. The first-order valence-corrected chi connectivity index (χ1v) is 10.6. The smallest absolute Gasteiger partial charge is 0.244 e. The summed E-state index contributed by atoms with van der Waals surface area (Å²) in [6, 6.07) is 12.9. The van der Waals surface area contributed by atoms with Gasteiger partial charge in [0.1, 0.15) is 6.54 Å². The van der Waals surface area contributed by atoms with Gasteiger partial charge in [-0.1, -0.05) is 17.7 Å². The highest BCUT2D eigenvalue weighted by molar-refractivity contribution is 6.30. The number of rotatable bonds is 7. The Kier molecular flexibility index (Phi) is 6.60. The molecule has 4 rings (SSSR count). The fourth-order valence-electron chi connectivity index (χ4n) is 3.59. The lowest BCUT2D eigenvalue weighted by Crippen LogP contribution is -2.24. The van der Waals surface area contributed by atoms with Crippen molar-refractivity contribution in [2.45, 2.75) is 6.54 Å². The van der Waals surface area contributed by atoms with E-state index in [9.17, 15) is 14.4 Å². The zero-order chi connectivity index (χ0) is 24.2. The third-order valence-corrected chi connectivity index (χ3v) is 5.43. The lowest BCUT2D eigenvalue weighted by atomic mass is 10.0. The average molecular weight is 478 g/mol. The Bertz CT molecular complexity index is 1450. The lowest BCUT2D eigenvalue weighted by molar-refractivity contribution is -0.116. The van der Waals surface area contributed by atoms with Crippen LogP contribution in [-0.4, -0.2) is 35.5 Å². The van der Waals surface area contributed by atoms with Crippen LogP contribution >= 0.6 is 11.6 Å². The molecule has 0 bridgehead atoms. The van der Waals surface area contributed by atoms with Crippen molar-refractivity contribution in [3.63, 3.8) is 0 Å². The van der Waals surface area contributed by atoms with Gasteiger partial charge < -0.3 is 19.4 Å². The molecule has 0 saturated carbocycles. The van der Waals surface area contributed by atoms with Crippen molar-refractivity contribution in [2.24, 2.45) is 0 Å². The third kappa shape index (κ3) is 4.62. The summed E-state index contributed by atoms with van der Waals surface area (Å²) in [5.41, 5.74) is 0.679. The normalized spacial score (nSPS) is 10.7. The number of anilines is 1. The first-order chi connectivity index (χ1) is 16.4. The number of halogens is 1. The van der Waals surface area contributed by atoms with E-state index in [1.807, 2.05) is 0 Å². The van der Waals surface area contributed by atoms with Gasteiger partial charge in [0, 0.05) is 40.9 Å². The monoisotopic (exact) mass is 477 g/mol. The summed E-state index contributed by atoms with van der Waals surface area (Å²) in [6.07, 6.45) is 4.33. The predicted molar refractivity (Wildman–Crippen MR) is 129 cm³/mol. The molecule has 8 nitrogen and oxygen atoms in total. The van der Waals surface area contributed by atoms with Crippen molar-refractivity contribution in [3.8, 4) is 11.5 Å². The fourth-order valence-corrected chi connectivity index (χ4v) is 3.78. The van der Waals surface area contributed by atoms with E-state index in [2.05, 4.69) is 10.3 Å². The van der Waals surface area contributed by atoms with Crippen molar-refractivity contribution in [2.75, 3.05) is 19.5 Å². The Labute approximate surface area is 199 Å². The van der Waals surface area contributed by atoms with Crippen LogP contribution in [0.2, 0.25) is 5.02 Å². The first-order valence-electron chi connectivity index (χ1n) is 10.2. The van der Waals surface area contributed by atoms with E-state index in [0.717, 1.165) is 0 Å². The maximum Gasteiger partial charge on any atom is 0.244 e. The van der Waals surface area contributed by atoms with Crippen molar-refractivity contribution >= 4 is 39.9 Å². The van der Waals surface area contributed by atoms with Gasteiger partial charge in [-0.25, -0.2) is 0 Å². The van der Waals surface area contributed by atoms with Crippen LogP contribution < -0.4 is 20.2 Å². The van der Waals surface area contributed by atoms with Crippen LogP contribution in [0.5, 0.6) is 11.5 Å². The van der Waals surface area contributed by atoms with Crippen LogP contribution in [0.15, 0.2) is 71.9 Å². The molecule has 9 heteroatoms. The summed E-state index contributed by atoms with van der Waals surface area (Å²) in [5, 5.41) is 3.47. The van der Waals surface area contributed by atoms with Gasteiger partial charge in [0.2, 0.25) is 11.3 Å². The number of aromatic nitrogens is 2. The number of pyridine rings is 2. The third-order valence-electron chi connectivity index (χ3n) is 5.19. The molecule has 4 aromatic rings. The van der Waals surface area contributed by atoms with E-state index in [4.69, 9.17) is 21.1 Å². The Hall–Kier alpha value is -4.17. The lowest BCUT2D eigenvalue weighted by Gasteiger charge is -2.16. The molecule has 2 heterocycles. The maximum absolute atomic E-state index is 13.3. The molecule has 1 N–H and O–H groups in total. The number of hydrogen-bond acceptors (Lipinski definition) is 6. The molecule has 0 atom stereocenters. The molecule has 0 aliphatic rings. The highest BCUT2D eigenvalue weighted by Gasteiger charge is 2.20. The number of nitrogens with zero attached hydrogens (tertiary/aromatic N) is 2. The molecule has 0 fully saturated rings. The number of carbonyl (C=O) groups excluding carboxylic acids is 2. The molecule has 34 heavy (non-hydrogen) atoms. The second kappa shape index (κ2) is 9.76. The van der Waals surface area contributed by atoms with E-state index < -0.39 is 11.2 Å². The second-order valence-electron chi connectivity index (χ2n) is 7.35. The topological polar surface area (TPSA) is 99.5 Å². The number of methoxy groups -OCH3 is 2. The molecule has 2 aromatic carbocycles. The minimum atomic E-state index is -0.482. The summed E-state index contributed by atoms with van der Waals surface area (Å²) >= 11 is 6.00. The SMILES string of the molecule is COc1cc2c(=O)c(C(=O)c3ccncc3)cn(CC(=O)Nc3cccc(Cl)c3)c2cc1OC. The minimum Gasteiger partial charge on any atom is -0.493 e. The highest BCUT2D eigenvalue weighted by atomic mass is 35.5. The summed E-state index contributed by atoms with van der Waals surface area (Å²) in [7, 11) is 2.92. The van der Waals surface area contributed by atoms with Crippen LogP contribution in [0.25, 0.3) is 10.9 Å². The Morgan fingerprint density at radius 2 is 1.74 bits per heavy atom. The Balaban J connectivity index is 1.84. The highest BCUT2D eigenvalue weighted by Crippen LogP contribution is 2.31. The number of ketones is 1. The summed E-state index contributed by atoms with van der Waals surface area (Å²) in [6.45, 7) is -0.171. The van der Waals surface area contributed by atoms with Gasteiger partial charge in [0.05, 0.1) is 30.7 Å². The van der Waals surface area contributed by atoms with Gasteiger partial charge in [-0.2, -0.15) is 0 Å². The zero-order valence-electron chi connectivity index (χ0n) is 18.4. The second-order valence-corrected chi connectivity index (χ2v) is 7.78. The number of hydrogen-bond donors (Lipinski definition) is 1. The standard InChI is InChI=1S/C25H20ClN3O5/c1-33-21-11-18-20(12-22(21)34-2)29(14-23(30)28-17-5-3-4-16(26)10-17)13-19(25(18)32)24(31)15-6-8-27-9-7-15/h3-13H,14H2,1-2H3,(H,28,30). The van der Waals surface area contributed by atoms with Crippen LogP contribution in [-0.2, 0) is 11.3 Å². The summed E-state index contributed by atoms with van der Waals surface area (Å²) in [5.74, 6) is -0.139. The van der Waals surface area contributed by atoms with Gasteiger partial charge >= 0.3 is 0 Å². The molecular formula is C25H20ClN3O5. The molecule has 0 aliphatic heterocycles. The van der Waals surface area contributed by atoms with E-state index in [-0.39, 0.29) is 23.4 Å². The Morgan fingerprint density at radius 3 is 2.41 bits per heavy atom. The van der Waals surface area contributed by atoms with Crippen LogP contribution in [0, 0.1) is 0 Å². The van der Waals surface area contributed by atoms with Crippen molar-refractivity contribution in [3.05, 3.63) is 93.5 Å². The zero-order valence-corrected chi connectivity index (χ0v) is 19.1. The number of nitrogens with one attached hydrogen (secondary N) is 1. The van der Waals surface area contributed by atoms with Gasteiger partial charge in [0.25, 0.3) is 0 Å².